The lowest BCUT2D eigenvalue weighted by atomic mass is 10.2. The lowest BCUT2D eigenvalue weighted by Crippen LogP contribution is -2.08. The van der Waals surface area contributed by atoms with Gasteiger partial charge >= 0.3 is 5.97 Å². The molecule has 6 nitrogen and oxygen atoms in total. The Bertz CT molecular complexity index is 853. The normalized spacial score (nSPS) is 10.6. The third kappa shape index (κ3) is 4.03. The summed E-state index contributed by atoms with van der Waals surface area (Å²) >= 11 is 1.21. The molecule has 0 bridgehead atoms. The van der Waals surface area contributed by atoms with E-state index in [9.17, 15) is 9.18 Å². The fourth-order valence-electron chi connectivity index (χ4n) is 2.19. The number of halogens is 1. The second-order valence-corrected chi connectivity index (χ2v) is 5.90. The molecule has 2 heterocycles. The quantitative estimate of drug-likeness (QED) is 0.498. The molecule has 0 spiro atoms. The minimum Gasteiger partial charge on any atom is -0.465 e. The van der Waals surface area contributed by atoms with Crippen LogP contribution in [0.3, 0.4) is 0 Å². The van der Waals surface area contributed by atoms with Crippen molar-refractivity contribution in [2.75, 3.05) is 12.4 Å². The number of hydrogen-bond donors (Lipinski definition) is 0. The number of thioether (sulfide) groups is 1. The lowest BCUT2D eigenvalue weighted by molar-refractivity contribution is -0.139. The molecule has 0 aliphatic heterocycles. The summed E-state index contributed by atoms with van der Waals surface area (Å²) in [4.78, 5) is 15.7. The predicted molar refractivity (Wildman–Crippen MR) is 91.9 cm³/mol. The van der Waals surface area contributed by atoms with Gasteiger partial charge in [-0.3, -0.25) is 14.3 Å². The summed E-state index contributed by atoms with van der Waals surface area (Å²) < 4.78 is 20.0. The molecule has 0 amide bonds. The molecule has 3 rings (SSSR count). The van der Waals surface area contributed by atoms with E-state index in [0.717, 1.165) is 5.56 Å². The van der Waals surface area contributed by atoms with Gasteiger partial charge in [0.25, 0.3) is 0 Å². The van der Waals surface area contributed by atoms with Gasteiger partial charge in [0.05, 0.1) is 12.4 Å². The maximum Gasteiger partial charge on any atom is 0.316 e. The minimum atomic E-state index is -0.333. The van der Waals surface area contributed by atoms with Crippen molar-refractivity contribution < 1.29 is 13.9 Å². The summed E-state index contributed by atoms with van der Waals surface area (Å²) in [5.74, 6) is 0.0100. The van der Waals surface area contributed by atoms with Crippen molar-refractivity contribution in [2.24, 2.45) is 0 Å². The van der Waals surface area contributed by atoms with E-state index in [2.05, 4.69) is 15.2 Å². The summed E-state index contributed by atoms with van der Waals surface area (Å²) in [6, 6.07) is 9.64. The Kier molecular flexibility index (Phi) is 5.39. The average Bonchev–Trinajstić information content (AvgIpc) is 3.05. The van der Waals surface area contributed by atoms with Gasteiger partial charge in [-0.15, -0.1) is 10.2 Å². The molecule has 8 heteroatoms. The van der Waals surface area contributed by atoms with Crippen LogP contribution in [-0.4, -0.2) is 38.1 Å². The zero-order valence-electron chi connectivity index (χ0n) is 13.4. The highest BCUT2D eigenvalue weighted by Crippen LogP contribution is 2.27. The van der Waals surface area contributed by atoms with Crippen LogP contribution in [0.25, 0.3) is 17.1 Å². The second-order valence-electron chi connectivity index (χ2n) is 4.95. The van der Waals surface area contributed by atoms with Crippen LogP contribution in [0.15, 0.2) is 53.9 Å². The number of ether oxygens (including phenoxy) is 1. The van der Waals surface area contributed by atoms with E-state index in [4.69, 9.17) is 4.74 Å². The van der Waals surface area contributed by atoms with Crippen LogP contribution < -0.4 is 0 Å². The summed E-state index contributed by atoms with van der Waals surface area (Å²) in [6.45, 7) is 2.08. The van der Waals surface area contributed by atoms with Crippen LogP contribution in [0.5, 0.6) is 0 Å². The number of carbonyl (C=O) groups excluding carboxylic acids is 1. The minimum absolute atomic E-state index is 0.111. The highest BCUT2D eigenvalue weighted by Gasteiger charge is 2.17. The van der Waals surface area contributed by atoms with E-state index in [1.165, 1.54) is 23.9 Å². The number of esters is 1. The molecule has 3 aromatic rings. The van der Waals surface area contributed by atoms with Gasteiger partial charge in [0.15, 0.2) is 11.0 Å². The molecule has 1 aromatic carbocycles. The molecule has 0 saturated heterocycles. The highest BCUT2D eigenvalue weighted by atomic mass is 32.2. The summed E-state index contributed by atoms with van der Waals surface area (Å²) in [5.41, 5.74) is 1.46. The molecule has 0 atom stereocenters. The smallest absolute Gasteiger partial charge is 0.316 e. The molecule has 0 radical (unpaired) electrons. The first kappa shape index (κ1) is 17.1. The largest absolute Gasteiger partial charge is 0.465 e. The Labute approximate surface area is 148 Å². The van der Waals surface area contributed by atoms with Crippen molar-refractivity contribution >= 4 is 17.7 Å². The van der Waals surface area contributed by atoms with E-state index in [0.29, 0.717) is 23.3 Å². The molecule has 0 saturated carbocycles. The number of pyridine rings is 1. The van der Waals surface area contributed by atoms with Crippen molar-refractivity contribution in [2.45, 2.75) is 12.1 Å². The molecular weight excluding hydrogens is 343 g/mol. The van der Waals surface area contributed by atoms with E-state index in [-0.39, 0.29) is 17.5 Å². The van der Waals surface area contributed by atoms with Crippen LogP contribution in [0.4, 0.5) is 4.39 Å². The fourth-order valence-corrected chi connectivity index (χ4v) is 2.94. The summed E-state index contributed by atoms with van der Waals surface area (Å²) in [7, 11) is 0. The monoisotopic (exact) mass is 358 g/mol. The number of aromatic nitrogens is 4. The lowest BCUT2D eigenvalue weighted by Gasteiger charge is -2.10. The zero-order valence-corrected chi connectivity index (χ0v) is 14.2. The maximum atomic E-state index is 13.3. The Morgan fingerprint density at radius 2 is 2.04 bits per heavy atom. The van der Waals surface area contributed by atoms with Crippen molar-refractivity contribution in [3.8, 4) is 17.1 Å². The molecule has 0 unspecified atom stereocenters. The molecule has 25 heavy (non-hydrogen) atoms. The zero-order chi connectivity index (χ0) is 17.6. The SMILES string of the molecule is CCOC(=O)CSc1nnc(-c2cccnc2)n1-c1ccc(F)cc1. The van der Waals surface area contributed by atoms with E-state index >= 15 is 0 Å². The number of hydrogen-bond acceptors (Lipinski definition) is 6. The van der Waals surface area contributed by atoms with E-state index < -0.39 is 0 Å². The Balaban J connectivity index is 1.99. The van der Waals surface area contributed by atoms with E-state index in [1.54, 1.807) is 42.1 Å². The first-order chi connectivity index (χ1) is 12.2. The average molecular weight is 358 g/mol. The van der Waals surface area contributed by atoms with E-state index in [1.807, 2.05) is 6.07 Å². The predicted octanol–water partition coefficient (Wildman–Crippen LogP) is 3.12. The van der Waals surface area contributed by atoms with Crippen LogP contribution >= 0.6 is 11.8 Å². The first-order valence-corrected chi connectivity index (χ1v) is 8.57. The first-order valence-electron chi connectivity index (χ1n) is 7.59. The van der Waals surface area contributed by atoms with Gasteiger partial charge in [0.1, 0.15) is 5.82 Å². The maximum absolute atomic E-state index is 13.3. The van der Waals surface area contributed by atoms with Crippen LogP contribution in [-0.2, 0) is 9.53 Å². The van der Waals surface area contributed by atoms with Gasteiger partial charge in [-0.25, -0.2) is 4.39 Å². The van der Waals surface area contributed by atoms with Crippen molar-refractivity contribution in [1.82, 2.24) is 19.7 Å². The van der Waals surface area contributed by atoms with Crippen LogP contribution in [0, 0.1) is 5.82 Å². The molecule has 0 fully saturated rings. The van der Waals surface area contributed by atoms with Gasteiger partial charge in [-0.05, 0) is 43.3 Å². The van der Waals surface area contributed by atoms with Crippen molar-refractivity contribution in [1.29, 1.82) is 0 Å². The third-order valence-electron chi connectivity index (χ3n) is 3.26. The van der Waals surface area contributed by atoms with Gasteiger partial charge in [-0.2, -0.15) is 0 Å². The summed E-state index contributed by atoms with van der Waals surface area (Å²) in [6.07, 6.45) is 3.34. The Hall–Kier alpha value is -2.74. The van der Waals surface area contributed by atoms with Crippen LogP contribution in [0.2, 0.25) is 0 Å². The van der Waals surface area contributed by atoms with Crippen LogP contribution in [0.1, 0.15) is 6.92 Å². The number of rotatable bonds is 6. The molecule has 0 N–H and O–H groups in total. The molecular formula is C17H15FN4O2S. The highest BCUT2D eigenvalue weighted by molar-refractivity contribution is 7.99. The number of carbonyl (C=O) groups is 1. The second kappa shape index (κ2) is 7.89. The van der Waals surface area contributed by atoms with Gasteiger partial charge < -0.3 is 4.74 Å². The third-order valence-corrected chi connectivity index (χ3v) is 4.16. The van der Waals surface area contributed by atoms with Crippen molar-refractivity contribution in [3.05, 3.63) is 54.6 Å². The van der Waals surface area contributed by atoms with Crippen molar-refractivity contribution in [3.63, 3.8) is 0 Å². The molecule has 0 aliphatic carbocycles. The molecule has 2 aromatic heterocycles. The molecule has 128 valence electrons. The topological polar surface area (TPSA) is 69.9 Å². The standard InChI is InChI=1S/C17H15FN4O2S/c1-2-24-15(23)11-25-17-21-20-16(12-4-3-9-19-10-12)22(17)14-7-5-13(18)6-8-14/h3-10H,2,11H2,1H3. The van der Waals surface area contributed by atoms with Gasteiger partial charge in [0.2, 0.25) is 0 Å². The van der Waals surface area contributed by atoms with Gasteiger partial charge in [-0.1, -0.05) is 11.8 Å². The number of benzene rings is 1. The Morgan fingerprint density at radius 3 is 2.72 bits per heavy atom. The van der Waals surface area contributed by atoms with Gasteiger partial charge in [0, 0.05) is 23.6 Å². The number of nitrogens with zero attached hydrogens (tertiary/aromatic N) is 4. The summed E-state index contributed by atoms with van der Waals surface area (Å²) in [5, 5.41) is 8.90. The Morgan fingerprint density at radius 1 is 1.24 bits per heavy atom. The molecule has 0 aliphatic rings. The fraction of sp³-hybridized carbons (Fsp3) is 0.176.